The highest BCUT2D eigenvalue weighted by atomic mass is 32.2. The van der Waals surface area contributed by atoms with Crippen molar-refractivity contribution in [2.45, 2.75) is 25.5 Å². The van der Waals surface area contributed by atoms with Crippen LogP contribution in [0.25, 0.3) is 0 Å². The lowest BCUT2D eigenvalue weighted by Gasteiger charge is -2.36. The van der Waals surface area contributed by atoms with E-state index in [1.54, 1.807) is 25.8 Å². The van der Waals surface area contributed by atoms with Gasteiger partial charge in [-0.05, 0) is 13.8 Å². The minimum atomic E-state index is -1.23. The van der Waals surface area contributed by atoms with Gasteiger partial charge in [-0.15, -0.1) is 0 Å². The van der Waals surface area contributed by atoms with E-state index in [0.29, 0.717) is 11.6 Å². The number of carbonyl (C=O) groups excluding carboxylic acids is 2. The Hall–Kier alpha value is -1.08. The number of aliphatic imine (C=N–C) groups is 1. The number of nitrogens with one attached hydrogen (secondary N) is 1. The molecule has 0 aromatic carbocycles. The van der Waals surface area contributed by atoms with Crippen LogP contribution in [0.1, 0.15) is 13.8 Å². The molecule has 0 aromatic rings. The second-order valence-corrected chi connectivity index (χ2v) is 5.29. The predicted molar refractivity (Wildman–Crippen MR) is 67.2 cm³/mol. The van der Waals surface area contributed by atoms with Gasteiger partial charge in [0.2, 0.25) is 5.91 Å². The fourth-order valence-corrected chi connectivity index (χ4v) is 2.42. The first-order valence-corrected chi connectivity index (χ1v) is 6.17. The summed E-state index contributed by atoms with van der Waals surface area (Å²) in [6, 6.07) is -0.780. The van der Waals surface area contributed by atoms with Gasteiger partial charge in [0, 0.05) is 14.1 Å². The summed E-state index contributed by atoms with van der Waals surface area (Å²) in [7, 11) is 3.15. The zero-order valence-electron chi connectivity index (χ0n) is 10.4. The third-order valence-corrected chi connectivity index (χ3v) is 3.24. The van der Waals surface area contributed by atoms with Crippen LogP contribution in [0.4, 0.5) is 4.79 Å². The standard InChI is InChI=1S/C10H17N3O3S/c1-10(2,16)7(8(14)11-3)13(4)6-5-17-9(15)12-6/h7,16H,5H2,1-4H3,(H,11,14)/t7-/m1/s1. The minimum absolute atomic E-state index is 0.266. The van der Waals surface area contributed by atoms with Gasteiger partial charge in [0.25, 0.3) is 0 Å². The molecule has 17 heavy (non-hydrogen) atoms. The first kappa shape index (κ1) is 14.0. The molecule has 7 heteroatoms. The van der Waals surface area contributed by atoms with Crippen LogP contribution in [0, 0.1) is 0 Å². The maximum absolute atomic E-state index is 11.8. The molecule has 2 N–H and O–H groups in total. The molecule has 0 spiro atoms. The summed E-state index contributed by atoms with van der Waals surface area (Å²) in [4.78, 5) is 28.2. The van der Waals surface area contributed by atoms with E-state index in [-0.39, 0.29) is 11.1 Å². The van der Waals surface area contributed by atoms with E-state index in [2.05, 4.69) is 10.3 Å². The lowest BCUT2D eigenvalue weighted by Crippen LogP contribution is -2.57. The Balaban J connectivity index is 2.95. The van der Waals surface area contributed by atoms with Crippen LogP contribution < -0.4 is 5.32 Å². The molecule has 1 heterocycles. The van der Waals surface area contributed by atoms with Gasteiger partial charge in [-0.25, -0.2) is 0 Å². The summed E-state index contributed by atoms with van der Waals surface area (Å²) < 4.78 is 0. The molecule has 2 amide bonds. The van der Waals surface area contributed by atoms with Gasteiger partial charge in [-0.1, -0.05) is 11.8 Å². The van der Waals surface area contributed by atoms with Gasteiger partial charge in [-0.2, -0.15) is 4.99 Å². The van der Waals surface area contributed by atoms with E-state index in [1.807, 2.05) is 0 Å². The summed E-state index contributed by atoms with van der Waals surface area (Å²) in [6.45, 7) is 3.10. The molecule has 1 aliphatic rings. The fourth-order valence-electron chi connectivity index (χ4n) is 1.73. The number of aliphatic hydroxyl groups is 1. The molecule has 1 atom stereocenters. The van der Waals surface area contributed by atoms with Crippen LogP contribution >= 0.6 is 11.8 Å². The molecule has 0 aliphatic carbocycles. The Labute approximate surface area is 104 Å². The number of carbonyl (C=O) groups is 2. The van der Waals surface area contributed by atoms with Crippen LogP contribution in [-0.4, -0.2) is 58.5 Å². The molecule has 1 rings (SSSR count). The van der Waals surface area contributed by atoms with Crippen molar-refractivity contribution in [3.05, 3.63) is 0 Å². The summed E-state index contributed by atoms with van der Waals surface area (Å²) in [5.41, 5.74) is -1.23. The molecule has 0 bridgehead atoms. The largest absolute Gasteiger partial charge is 0.388 e. The molecule has 0 unspecified atom stereocenters. The van der Waals surface area contributed by atoms with Gasteiger partial charge in [0.15, 0.2) is 0 Å². The summed E-state index contributed by atoms with van der Waals surface area (Å²) >= 11 is 1.08. The third-order valence-electron chi connectivity index (χ3n) is 2.50. The maximum atomic E-state index is 11.8. The second kappa shape index (κ2) is 5.05. The zero-order chi connectivity index (χ0) is 13.2. The number of rotatable bonds is 3. The molecule has 1 aliphatic heterocycles. The van der Waals surface area contributed by atoms with Crippen molar-refractivity contribution in [1.29, 1.82) is 0 Å². The first-order valence-electron chi connectivity index (χ1n) is 5.18. The minimum Gasteiger partial charge on any atom is -0.388 e. The number of amidine groups is 1. The average molecular weight is 259 g/mol. The molecular formula is C10H17N3O3S. The lowest BCUT2D eigenvalue weighted by atomic mass is 9.96. The van der Waals surface area contributed by atoms with E-state index in [9.17, 15) is 14.7 Å². The normalized spacial score (nSPS) is 17.7. The number of amides is 2. The molecule has 0 aromatic heterocycles. The van der Waals surface area contributed by atoms with Crippen molar-refractivity contribution in [2.75, 3.05) is 19.8 Å². The second-order valence-electron chi connectivity index (χ2n) is 4.36. The fraction of sp³-hybridized carbons (Fsp3) is 0.700. The van der Waals surface area contributed by atoms with Gasteiger partial charge >= 0.3 is 5.24 Å². The molecule has 0 saturated carbocycles. The van der Waals surface area contributed by atoms with Crippen LogP contribution in [0.5, 0.6) is 0 Å². The van der Waals surface area contributed by atoms with E-state index in [4.69, 9.17) is 0 Å². The molecule has 6 nitrogen and oxygen atoms in total. The number of hydrogen-bond donors (Lipinski definition) is 2. The number of hydrogen-bond acceptors (Lipinski definition) is 5. The van der Waals surface area contributed by atoms with Crippen LogP contribution in [0.2, 0.25) is 0 Å². The number of nitrogens with zero attached hydrogens (tertiary/aromatic N) is 2. The van der Waals surface area contributed by atoms with E-state index >= 15 is 0 Å². The number of likely N-dealkylation sites (N-methyl/N-ethyl adjacent to an activating group) is 2. The van der Waals surface area contributed by atoms with Crippen molar-refractivity contribution in [3.8, 4) is 0 Å². The topological polar surface area (TPSA) is 82.0 Å². The highest BCUT2D eigenvalue weighted by molar-refractivity contribution is 8.14. The van der Waals surface area contributed by atoms with E-state index in [1.165, 1.54) is 7.05 Å². The Kier molecular flexibility index (Phi) is 4.16. The van der Waals surface area contributed by atoms with Crippen LogP contribution in [0.3, 0.4) is 0 Å². The average Bonchev–Trinajstić information content (AvgIpc) is 2.62. The monoisotopic (exact) mass is 259 g/mol. The number of thioether (sulfide) groups is 1. The zero-order valence-corrected chi connectivity index (χ0v) is 11.2. The molecule has 0 radical (unpaired) electrons. The van der Waals surface area contributed by atoms with Crippen LogP contribution in [-0.2, 0) is 4.79 Å². The van der Waals surface area contributed by atoms with Crippen molar-refractivity contribution in [1.82, 2.24) is 10.2 Å². The molecule has 0 saturated heterocycles. The maximum Gasteiger partial charge on any atom is 0.306 e. The van der Waals surface area contributed by atoms with Crippen molar-refractivity contribution in [2.24, 2.45) is 4.99 Å². The molecular weight excluding hydrogens is 242 g/mol. The Morgan fingerprint density at radius 3 is 2.59 bits per heavy atom. The summed E-state index contributed by atoms with van der Waals surface area (Å²) in [6.07, 6.45) is 0. The molecule has 96 valence electrons. The summed E-state index contributed by atoms with van der Waals surface area (Å²) in [5.74, 6) is 0.626. The quantitative estimate of drug-likeness (QED) is 0.749. The Morgan fingerprint density at radius 1 is 1.65 bits per heavy atom. The third kappa shape index (κ3) is 3.19. The van der Waals surface area contributed by atoms with Crippen molar-refractivity contribution < 1.29 is 14.7 Å². The highest BCUT2D eigenvalue weighted by Crippen LogP contribution is 2.21. The highest BCUT2D eigenvalue weighted by Gasteiger charge is 2.38. The summed E-state index contributed by atoms with van der Waals surface area (Å²) in [5, 5.41) is 12.3. The Bertz CT molecular complexity index is 362. The van der Waals surface area contributed by atoms with Gasteiger partial charge in [0.05, 0.1) is 11.4 Å². The van der Waals surface area contributed by atoms with Gasteiger partial charge < -0.3 is 15.3 Å². The van der Waals surface area contributed by atoms with Crippen molar-refractivity contribution in [3.63, 3.8) is 0 Å². The van der Waals surface area contributed by atoms with Gasteiger partial charge in [0.1, 0.15) is 11.9 Å². The van der Waals surface area contributed by atoms with E-state index < -0.39 is 11.6 Å². The Morgan fingerprint density at radius 2 is 2.24 bits per heavy atom. The first-order chi connectivity index (χ1) is 7.77. The molecule has 0 fully saturated rings. The van der Waals surface area contributed by atoms with Crippen molar-refractivity contribution >= 4 is 28.7 Å². The van der Waals surface area contributed by atoms with Gasteiger partial charge in [-0.3, -0.25) is 9.59 Å². The van der Waals surface area contributed by atoms with E-state index in [0.717, 1.165) is 11.8 Å². The SMILES string of the molecule is CNC(=O)[C@@H](N(C)C1=NC(=O)SC1)C(C)(C)O. The van der Waals surface area contributed by atoms with Crippen LogP contribution in [0.15, 0.2) is 4.99 Å². The smallest absolute Gasteiger partial charge is 0.306 e. The predicted octanol–water partition coefficient (Wildman–Crippen LogP) is 0.0690. The lowest BCUT2D eigenvalue weighted by molar-refractivity contribution is -0.131.